The van der Waals surface area contributed by atoms with Gasteiger partial charge in [-0.25, -0.2) is 0 Å². The number of hydrogen-bond donors (Lipinski definition) is 2. The molecule has 0 spiro atoms. The molecule has 0 radical (unpaired) electrons. The highest BCUT2D eigenvalue weighted by molar-refractivity contribution is 5.93. The molecular formula is C11H13F3N2O3. The van der Waals surface area contributed by atoms with Crippen LogP contribution >= 0.6 is 0 Å². The number of nitrogens with one attached hydrogen (secondary N) is 2. The normalized spacial score (nSPS) is 13.1. The van der Waals surface area contributed by atoms with E-state index < -0.39 is 23.3 Å². The number of carbonyl (C=O) groups is 1. The van der Waals surface area contributed by atoms with Crippen LogP contribution in [-0.2, 0) is 10.9 Å². The molecule has 1 aromatic heterocycles. The lowest BCUT2D eigenvalue weighted by molar-refractivity contribution is -0.141. The maximum Gasteiger partial charge on any atom is 0.431 e. The fourth-order valence-corrected chi connectivity index (χ4v) is 1.41. The van der Waals surface area contributed by atoms with Gasteiger partial charge in [-0.2, -0.15) is 13.2 Å². The molecule has 19 heavy (non-hydrogen) atoms. The molecule has 0 saturated heterocycles. The minimum absolute atomic E-state index is 0.226. The summed E-state index contributed by atoms with van der Waals surface area (Å²) in [4.78, 5) is 24.7. The number of methoxy groups -OCH3 is 1. The lowest BCUT2D eigenvalue weighted by Gasteiger charge is -2.12. The average Bonchev–Trinajstić information content (AvgIpc) is 2.27. The Morgan fingerprint density at radius 2 is 2.11 bits per heavy atom. The van der Waals surface area contributed by atoms with Crippen LogP contribution in [0.15, 0.2) is 16.9 Å². The summed E-state index contributed by atoms with van der Waals surface area (Å²) in [5, 5.41) is 2.43. The summed E-state index contributed by atoms with van der Waals surface area (Å²) in [7, 11) is 1.44. The van der Waals surface area contributed by atoms with Gasteiger partial charge in [-0.05, 0) is 19.1 Å². The molecule has 5 nitrogen and oxygen atoms in total. The number of amides is 1. The van der Waals surface area contributed by atoms with Crippen LogP contribution in [0, 0.1) is 0 Å². The van der Waals surface area contributed by atoms with Crippen LogP contribution in [-0.4, -0.2) is 30.6 Å². The molecule has 1 amide bonds. The molecule has 0 fully saturated rings. The molecule has 1 aromatic rings. The van der Waals surface area contributed by atoms with Crippen LogP contribution in [0.4, 0.5) is 13.2 Å². The highest BCUT2D eigenvalue weighted by Gasteiger charge is 2.32. The van der Waals surface area contributed by atoms with Gasteiger partial charge in [0.15, 0.2) is 0 Å². The molecule has 0 aliphatic heterocycles. The van der Waals surface area contributed by atoms with E-state index in [0.717, 1.165) is 6.07 Å². The van der Waals surface area contributed by atoms with Crippen molar-refractivity contribution in [1.82, 2.24) is 10.3 Å². The lowest BCUT2D eigenvalue weighted by Crippen LogP contribution is -2.38. The average molecular weight is 278 g/mol. The third kappa shape index (κ3) is 4.09. The minimum atomic E-state index is -4.66. The van der Waals surface area contributed by atoms with E-state index in [9.17, 15) is 22.8 Å². The number of H-pyrrole nitrogens is 1. The van der Waals surface area contributed by atoms with Crippen LogP contribution in [0.1, 0.15) is 23.0 Å². The van der Waals surface area contributed by atoms with Gasteiger partial charge in [0.25, 0.3) is 11.5 Å². The Kier molecular flexibility index (Phi) is 4.71. The quantitative estimate of drug-likeness (QED) is 0.868. The van der Waals surface area contributed by atoms with Crippen molar-refractivity contribution in [2.45, 2.75) is 19.1 Å². The van der Waals surface area contributed by atoms with Gasteiger partial charge in [0.2, 0.25) is 0 Å². The molecule has 1 atom stereocenters. The van der Waals surface area contributed by atoms with Crippen LogP contribution in [0.3, 0.4) is 0 Å². The summed E-state index contributed by atoms with van der Waals surface area (Å²) in [6, 6.07) is 1.13. The maximum atomic E-state index is 12.3. The summed E-state index contributed by atoms with van der Waals surface area (Å²) in [6.07, 6.45) is -4.66. The molecular weight excluding hydrogens is 265 g/mol. The minimum Gasteiger partial charge on any atom is -0.383 e. The van der Waals surface area contributed by atoms with Crippen molar-refractivity contribution >= 4 is 5.91 Å². The molecule has 0 aliphatic rings. The Labute approximate surface area is 106 Å². The van der Waals surface area contributed by atoms with Crippen molar-refractivity contribution < 1.29 is 22.7 Å². The summed E-state index contributed by atoms with van der Waals surface area (Å²) in [5.41, 5.74) is -2.66. The fourth-order valence-electron chi connectivity index (χ4n) is 1.41. The summed E-state index contributed by atoms with van der Waals surface area (Å²) in [6.45, 7) is 1.87. The molecule has 0 saturated carbocycles. The van der Waals surface area contributed by atoms with Crippen LogP contribution in [0.5, 0.6) is 0 Å². The first-order valence-electron chi connectivity index (χ1n) is 5.36. The third-order valence-electron chi connectivity index (χ3n) is 2.25. The first-order chi connectivity index (χ1) is 8.75. The number of hydrogen-bond acceptors (Lipinski definition) is 3. The van der Waals surface area contributed by atoms with Gasteiger partial charge in [-0.3, -0.25) is 9.59 Å². The first kappa shape index (κ1) is 15.2. The molecule has 0 aromatic carbocycles. The van der Waals surface area contributed by atoms with E-state index in [1.165, 1.54) is 7.11 Å². The van der Waals surface area contributed by atoms with Gasteiger partial charge in [-0.15, -0.1) is 0 Å². The molecule has 106 valence electrons. The second-order valence-electron chi connectivity index (χ2n) is 3.94. The Morgan fingerprint density at radius 3 is 2.58 bits per heavy atom. The number of alkyl halides is 3. The van der Waals surface area contributed by atoms with Gasteiger partial charge >= 0.3 is 6.18 Å². The molecule has 8 heteroatoms. The van der Waals surface area contributed by atoms with E-state index in [1.807, 2.05) is 0 Å². The number of aromatic amines is 1. The van der Waals surface area contributed by atoms with Gasteiger partial charge in [0, 0.05) is 13.2 Å². The Hall–Kier alpha value is -1.83. The number of halogens is 3. The Morgan fingerprint density at radius 1 is 1.47 bits per heavy atom. The second kappa shape index (κ2) is 5.87. The van der Waals surface area contributed by atoms with Crippen molar-refractivity contribution in [3.63, 3.8) is 0 Å². The molecule has 0 unspecified atom stereocenters. The number of carbonyl (C=O) groups excluding carboxylic acids is 1. The zero-order valence-electron chi connectivity index (χ0n) is 10.3. The maximum absolute atomic E-state index is 12.3. The molecule has 1 rings (SSSR count). The molecule has 2 N–H and O–H groups in total. The summed E-state index contributed by atoms with van der Waals surface area (Å²) < 4.78 is 41.8. The van der Waals surface area contributed by atoms with Crippen LogP contribution < -0.4 is 10.9 Å². The van der Waals surface area contributed by atoms with E-state index in [4.69, 9.17) is 4.74 Å². The molecule has 0 bridgehead atoms. The molecule has 1 heterocycles. The number of rotatable bonds is 4. The zero-order chi connectivity index (χ0) is 14.6. The SMILES string of the molecule is COC[C@@H](C)NC(=O)c1ccc(C(F)(F)F)[nH]c1=O. The topological polar surface area (TPSA) is 71.2 Å². The van der Waals surface area contributed by atoms with E-state index in [-0.39, 0.29) is 18.2 Å². The van der Waals surface area contributed by atoms with Crippen molar-refractivity contribution in [3.8, 4) is 0 Å². The first-order valence-corrected chi connectivity index (χ1v) is 5.36. The standard InChI is InChI=1S/C11H13F3N2O3/c1-6(5-19-2)15-9(17)7-3-4-8(11(12,13)14)16-10(7)18/h3-4,6H,5H2,1-2H3,(H,15,17)(H,16,18)/t6-/m1/s1. The summed E-state index contributed by atoms with van der Waals surface area (Å²) in [5.74, 6) is -0.750. The predicted molar refractivity (Wildman–Crippen MR) is 60.9 cm³/mol. The third-order valence-corrected chi connectivity index (χ3v) is 2.25. The molecule has 0 aliphatic carbocycles. The van der Waals surface area contributed by atoms with Crippen molar-refractivity contribution in [1.29, 1.82) is 0 Å². The largest absolute Gasteiger partial charge is 0.431 e. The van der Waals surface area contributed by atoms with Crippen molar-refractivity contribution in [2.24, 2.45) is 0 Å². The smallest absolute Gasteiger partial charge is 0.383 e. The monoisotopic (exact) mass is 278 g/mol. The van der Waals surface area contributed by atoms with E-state index in [1.54, 1.807) is 11.9 Å². The van der Waals surface area contributed by atoms with Crippen LogP contribution in [0.25, 0.3) is 0 Å². The predicted octanol–water partition coefficient (Wildman–Crippen LogP) is 1.16. The second-order valence-corrected chi connectivity index (χ2v) is 3.94. The van der Waals surface area contributed by atoms with E-state index in [2.05, 4.69) is 5.32 Å². The van der Waals surface area contributed by atoms with Gasteiger partial charge in [-0.1, -0.05) is 0 Å². The van der Waals surface area contributed by atoms with E-state index in [0.29, 0.717) is 6.07 Å². The van der Waals surface area contributed by atoms with Crippen molar-refractivity contribution in [2.75, 3.05) is 13.7 Å². The van der Waals surface area contributed by atoms with Crippen LogP contribution in [0.2, 0.25) is 0 Å². The Bertz CT molecular complexity index is 511. The number of aromatic nitrogens is 1. The van der Waals surface area contributed by atoms with Crippen molar-refractivity contribution in [3.05, 3.63) is 33.7 Å². The van der Waals surface area contributed by atoms with E-state index >= 15 is 0 Å². The van der Waals surface area contributed by atoms with Gasteiger partial charge < -0.3 is 15.0 Å². The number of pyridine rings is 1. The lowest BCUT2D eigenvalue weighted by atomic mass is 10.2. The zero-order valence-corrected chi connectivity index (χ0v) is 10.3. The number of ether oxygens (including phenoxy) is 1. The highest BCUT2D eigenvalue weighted by Crippen LogP contribution is 2.26. The Balaban J connectivity index is 2.91. The van der Waals surface area contributed by atoms with Gasteiger partial charge in [0.1, 0.15) is 11.3 Å². The van der Waals surface area contributed by atoms with Gasteiger partial charge in [0.05, 0.1) is 6.61 Å². The highest BCUT2D eigenvalue weighted by atomic mass is 19.4. The fraction of sp³-hybridized carbons (Fsp3) is 0.455. The summed E-state index contributed by atoms with van der Waals surface area (Å²) >= 11 is 0.